The number of hydrogen-bond acceptors (Lipinski definition) is 3. The minimum Gasteiger partial charge on any atom is -0.349 e. The molecule has 1 amide bonds. The fourth-order valence-corrected chi connectivity index (χ4v) is 3.90. The molecule has 1 aliphatic rings. The van der Waals surface area contributed by atoms with Crippen LogP contribution in [-0.2, 0) is 0 Å². The van der Waals surface area contributed by atoms with E-state index in [1.165, 1.54) is 29.7 Å². The van der Waals surface area contributed by atoms with Crippen molar-refractivity contribution in [3.05, 3.63) is 57.8 Å². The Morgan fingerprint density at radius 1 is 1.23 bits per heavy atom. The SMILES string of the molecule is Cc1ccsc1C(=O)NCC(c1ccccc1)N1CCCC1. The van der Waals surface area contributed by atoms with E-state index in [1.807, 2.05) is 24.4 Å². The summed E-state index contributed by atoms with van der Waals surface area (Å²) in [6, 6.07) is 12.8. The van der Waals surface area contributed by atoms with E-state index in [9.17, 15) is 4.79 Å². The van der Waals surface area contributed by atoms with Crippen molar-refractivity contribution in [2.24, 2.45) is 0 Å². The van der Waals surface area contributed by atoms with Crippen LogP contribution in [-0.4, -0.2) is 30.4 Å². The molecule has 1 saturated heterocycles. The third-order valence-electron chi connectivity index (χ3n) is 4.29. The van der Waals surface area contributed by atoms with Crippen molar-refractivity contribution in [2.75, 3.05) is 19.6 Å². The fraction of sp³-hybridized carbons (Fsp3) is 0.389. The van der Waals surface area contributed by atoms with Crippen molar-refractivity contribution in [3.8, 4) is 0 Å². The van der Waals surface area contributed by atoms with Crippen LogP contribution >= 0.6 is 11.3 Å². The molecule has 0 bridgehead atoms. The fourth-order valence-electron chi connectivity index (χ4n) is 3.06. The van der Waals surface area contributed by atoms with Gasteiger partial charge >= 0.3 is 0 Å². The van der Waals surface area contributed by atoms with Gasteiger partial charge in [-0.3, -0.25) is 9.69 Å². The van der Waals surface area contributed by atoms with Gasteiger partial charge in [-0.1, -0.05) is 30.3 Å². The summed E-state index contributed by atoms with van der Waals surface area (Å²) in [5.74, 6) is 0.0487. The Kier molecular flexibility index (Phi) is 4.90. The Bertz CT molecular complexity index is 617. The van der Waals surface area contributed by atoms with Gasteiger partial charge in [0.05, 0.1) is 10.9 Å². The number of thiophene rings is 1. The van der Waals surface area contributed by atoms with Gasteiger partial charge in [0.1, 0.15) is 0 Å². The molecule has 3 rings (SSSR count). The van der Waals surface area contributed by atoms with Gasteiger partial charge in [-0.15, -0.1) is 11.3 Å². The monoisotopic (exact) mass is 314 g/mol. The molecule has 3 nitrogen and oxygen atoms in total. The first-order valence-electron chi connectivity index (χ1n) is 7.87. The number of nitrogens with one attached hydrogen (secondary N) is 1. The van der Waals surface area contributed by atoms with Gasteiger partial charge in [0.25, 0.3) is 5.91 Å². The van der Waals surface area contributed by atoms with Crippen LogP contribution in [0.1, 0.15) is 39.7 Å². The maximum absolute atomic E-state index is 12.4. The molecule has 2 aromatic rings. The number of likely N-dealkylation sites (tertiary alicyclic amines) is 1. The van der Waals surface area contributed by atoms with Crippen LogP contribution in [0.25, 0.3) is 0 Å². The summed E-state index contributed by atoms with van der Waals surface area (Å²) in [5.41, 5.74) is 2.34. The summed E-state index contributed by atoms with van der Waals surface area (Å²) in [5, 5.41) is 5.10. The minimum atomic E-state index is 0.0487. The second-order valence-electron chi connectivity index (χ2n) is 5.81. The Morgan fingerprint density at radius 3 is 2.59 bits per heavy atom. The van der Waals surface area contributed by atoms with E-state index in [0.29, 0.717) is 6.54 Å². The molecular formula is C18H22N2OS. The van der Waals surface area contributed by atoms with Crippen molar-refractivity contribution in [2.45, 2.75) is 25.8 Å². The number of carbonyl (C=O) groups excluding carboxylic acids is 1. The first-order chi connectivity index (χ1) is 10.8. The van der Waals surface area contributed by atoms with Crippen molar-refractivity contribution in [1.82, 2.24) is 10.2 Å². The largest absolute Gasteiger partial charge is 0.349 e. The van der Waals surface area contributed by atoms with E-state index < -0.39 is 0 Å². The van der Waals surface area contributed by atoms with Crippen LogP contribution in [0.2, 0.25) is 0 Å². The first kappa shape index (κ1) is 15.3. The molecule has 0 aliphatic carbocycles. The highest BCUT2D eigenvalue weighted by molar-refractivity contribution is 7.12. The lowest BCUT2D eigenvalue weighted by atomic mass is 10.1. The van der Waals surface area contributed by atoms with Crippen molar-refractivity contribution in [3.63, 3.8) is 0 Å². The van der Waals surface area contributed by atoms with Crippen LogP contribution in [0, 0.1) is 6.92 Å². The highest BCUT2D eigenvalue weighted by Gasteiger charge is 2.24. The molecule has 1 fully saturated rings. The quantitative estimate of drug-likeness (QED) is 0.914. The lowest BCUT2D eigenvalue weighted by Crippen LogP contribution is -2.36. The molecule has 1 aromatic heterocycles. The molecule has 0 spiro atoms. The molecule has 0 saturated carbocycles. The zero-order valence-electron chi connectivity index (χ0n) is 12.9. The zero-order chi connectivity index (χ0) is 15.4. The van der Waals surface area contributed by atoms with Gasteiger partial charge in [-0.25, -0.2) is 0 Å². The third kappa shape index (κ3) is 3.39. The standard InChI is InChI=1S/C18H22N2OS/c1-14-9-12-22-17(14)18(21)19-13-16(20-10-5-6-11-20)15-7-3-2-4-8-15/h2-4,7-9,12,16H,5-6,10-11,13H2,1H3,(H,19,21). The number of hydrogen-bond donors (Lipinski definition) is 1. The summed E-state index contributed by atoms with van der Waals surface area (Å²) in [4.78, 5) is 15.7. The molecule has 4 heteroatoms. The number of amides is 1. The molecule has 1 unspecified atom stereocenters. The number of nitrogens with zero attached hydrogens (tertiary/aromatic N) is 1. The molecule has 1 aliphatic heterocycles. The average molecular weight is 314 g/mol. The number of rotatable bonds is 5. The topological polar surface area (TPSA) is 32.3 Å². The van der Waals surface area contributed by atoms with Crippen LogP contribution in [0.3, 0.4) is 0 Å². The van der Waals surface area contributed by atoms with E-state index >= 15 is 0 Å². The highest BCUT2D eigenvalue weighted by atomic mass is 32.1. The van der Waals surface area contributed by atoms with E-state index in [0.717, 1.165) is 23.5 Å². The van der Waals surface area contributed by atoms with Gasteiger partial charge < -0.3 is 5.32 Å². The third-order valence-corrected chi connectivity index (χ3v) is 5.31. The second-order valence-corrected chi connectivity index (χ2v) is 6.73. The van der Waals surface area contributed by atoms with Crippen LogP contribution in [0.4, 0.5) is 0 Å². The number of aryl methyl sites for hydroxylation is 1. The van der Waals surface area contributed by atoms with Crippen molar-refractivity contribution < 1.29 is 4.79 Å². The Labute approximate surface area is 136 Å². The lowest BCUT2D eigenvalue weighted by molar-refractivity contribution is 0.0941. The van der Waals surface area contributed by atoms with Gasteiger partial charge in [-0.2, -0.15) is 0 Å². The summed E-state index contributed by atoms with van der Waals surface area (Å²) in [6.07, 6.45) is 2.50. The summed E-state index contributed by atoms with van der Waals surface area (Å²) in [7, 11) is 0. The summed E-state index contributed by atoms with van der Waals surface area (Å²) >= 11 is 1.51. The molecule has 1 N–H and O–H groups in total. The van der Waals surface area contributed by atoms with E-state index in [4.69, 9.17) is 0 Å². The Hall–Kier alpha value is -1.65. The maximum Gasteiger partial charge on any atom is 0.261 e. The molecule has 1 atom stereocenters. The normalized spacial score (nSPS) is 16.6. The Morgan fingerprint density at radius 2 is 1.95 bits per heavy atom. The molecule has 2 heterocycles. The molecule has 22 heavy (non-hydrogen) atoms. The minimum absolute atomic E-state index is 0.0487. The van der Waals surface area contributed by atoms with Gasteiger partial charge in [0, 0.05) is 6.54 Å². The predicted octanol–water partition coefficient (Wildman–Crippen LogP) is 3.62. The summed E-state index contributed by atoms with van der Waals surface area (Å²) in [6.45, 7) is 4.89. The summed E-state index contributed by atoms with van der Waals surface area (Å²) < 4.78 is 0. The lowest BCUT2D eigenvalue weighted by Gasteiger charge is -2.28. The maximum atomic E-state index is 12.4. The molecule has 116 valence electrons. The van der Waals surface area contributed by atoms with Crippen molar-refractivity contribution >= 4 is 17.2 Å². The number of benzene rings is 1. The van der Waals surface area contributed by atoms with Crippen LogP contribution in [0.5, 0.6) is 0 Å². The van der Waals surface area contributed by atoms with Gasteiger partial charge in [0.2, 0.25) is 0 Å². The molecular weight excluding hydrogens is 292 g/mol. The van der Waals surface area contributed by atoms with E-state index in [-0.39, 0.29) is 11.9 Å². The average Bonchev–Trinajstić information content (AvgIpc) is 3.20. The van der Waals surface area contributed by atoms with Gasteiger partial charge in [0.15, 0.2) is 0 Å². The highest BCUT2D eigenvalue weighted by Crippen LogP contribution is 2.24. The second kappa shape index (κ2) is 7.07. The van der Waals surface area contributed by atoms with E-state index in [1.54, 1.807) is 0 Å². The molecule has 0 radical (unpaired) electrons. The number of carbonyl (C=O) groups is 1. The van der Waals surface area contributed by atoms with Crippen LogP contribution in [0.15, 0.2) is 41.8 Å². The van der Waals surface area contributed by atoms with E-state index in [2.05, 4.69) is 34.5 Å². The zero-order valence-corrected chi connectivity index (χ0v) is 13.7. The van der Waals surface area contributed by atoms with Crippen LogP contribution < -0.4 is 5.32 Å². The van der Waals surface area contributed by atoms with Crippen molar-refractivity contribution in [1.29, 1.82) is 0 Å². The van der Waals surface area contributed by atoms with Gasteiger partial charge in [-0.05, 0) is 55.4 Å². The Balaban J connectivity index is 1.70. The predicted molar refractivity (Wildman–Crippen MR) is 91.4 cm³/mol. The first-order valence-corrected chi connectivity index (χ1v) is 8.75. The molecule has 1 aromatic carbocycles. The smallest absolute Gasteiger partial charge is 0.261 e.